The fraction of sp³-hybridized carbons (Fsp3) is 0.429. The number of allylic oxidation sites excluding steroid dienone is 2. The second-order valence-electron chi connectivity index (χ2n) is 2.27. The summed E-state index contributed by atoms with van der Waals surface area (Å²) in [6.45, 7) is 0. The molecule has 0 saturated carbocycles. The maximum absolute atomic E-state index is 10.7. The van der Waals surface area contributed by atoms with Gasteiger partial charge in [-0.1, -0.05) is 0 Å². The highest BCUT2D eigenvalue weighted by Gasteiger charge is 2.15. The molecule has 0 aromatic rings. The molecule has 1 aliphatic rings. The van der Waals surface area contributed by atoms with Crippen molar-refractivity contribution in [3.8, 4) is 0 Å². The Morgan fingerprint density at radius 1 is 1.20 bits per heavy atom. The summed E-state index contributed by atoms with van der Waals surface area (Å²) in [5.74, 6) is -0.128. The number of halogens is 1. The number of hydrogen-bond donors (Lipinski definition) is 0. The fourth-order valence-electron chi connectivity index (χ4n) is 0.831. The molecule has 0 fully saturated rings. The van der Waals surface area contributed by atoms with Crippen LogP contribution in [0.15, 0.2) is 12.2 Å². The van der Waals surface area contributed by atoms with Crippen molar-refractivity contribution in [2.75, 3.05) is 0 Å². The average Bonchev–Trinajstić information content (AvgIpc) is 1.93. The van der Waals surface area contributed by atoms with Gasteiger partial charge in [0.05, 0.1) is 0 Å². The molecule has 1 rings (SSSR count). The van der Waals surface area contributed by atoms with Crippen LogP contribution in [0.5, 0.6) is 0 Å². The smallest absolute Gasteiger partial charge is 0.157 e. The van der Waals surface area contributed by atoms with Crippen molar-refractivity contribution in [2.45, 2.75) is 18.2 Å². The number of carbonyl (C=O) groups excluding carboxylic acids is 2. The van der Waals surface area contributed by atoms with Crippen molar-refractivity contribution < 1.29 is 9.59 Å². The van der Waals surface area contributed by atoms with Gasteiger partial charge in [-0.3, -0.25) is 9.59 Å². The summed E-state index contributed by atoms with van der Waals surface area (Å²) in [7, 11) is 0. The Kier molecular flexibility index (Phi) is 2.22. The van der Waals surface area contributed by atoms with E-state index < -0.39 is 0 Å². The molecule has 3 heteroatoms. The third-order valence-electron chi connectivity index (χ3n) is 1.30. The van der Waals surface area contributed by atoms with Crippen LogP contribution >= 0.6 is 11.6 Å². The Labute approximate surface area is 63.9 Å². The Morgan fingerprint density at radius 2 is 1.60 bits per heavy atom. The quantitative estimate of drug-likeness (QED) is 0.495. The van der Waals surface area contributed by atoms with Crippen LogP contribution in [0, 0.1) is 0 Å². The molecule has 0 aliphatic heterocycles. The largest absolute Gasteiger partial charge is 0.295 e. The van der Waals surface area contributed by atoms with Gasteiger partial charge in [-0.15, -0.1) is 11.6 Å². The first-order valence-corrected chi connectivity index (χ1v) is 3.50. The van der Waals surface area contributed by atoms with E-state index in [1.165, 1.54) is 12.2 Å². The van der Waals surface area contributed by atoms with Gasteiger partial charge in [0.2, 0.25) is 0 Å². The Morgan fingerprint density at radius 3 is 2.00 bits per heavy atom. The molecule has 0 saturated heterocycles. The van der Waals surface area contributed by atoms with E-state index in [1.54, 1.807) is 0 Å². The van der Waals surface area contributed by atoms with Crippen molar-refractivity contribution in [1.82, 2.24) is 0 Å². The van der Waals surface area contributed by atoms with Gasteiger partial charge >= 0.3 is 0 Å². The molecule has 0 heterocycles. The molecule has 0 spiro atoms. The molecule has 54 valence electrons. The van der Waals surface area contributed by atoms with Crippen molar-refractivity contribution in [3.05, 3.63) is 12.2 Å². The third kappa shape index (κ3) is 1.95. The first-order chi connectivity index (χ1) is 4.68. The number of alkyl halides is 1. The molecule has 0 unspecified atom stereocenters. The lowest BCUT2D eigenvalue weighted by atomic mass is 10.2. The zero-order chi connectivity index (χ0) is 7.56. The van der Waals surface area contributed by atoms with Crippen LogP contribution in [0.2, 0.25) is 0 Å². The lowest BCUT2D eigenvalue weighted by molar-refractivity contribution is -0.114. The first-order valence-electron chi connectivity index (χ1n) is 3.06. The molecule has 0 radical (unpaired) electrons. The lowest BCUT2D eigenvalue weighted by Crippen LogP contribution is -2.05. The van der Waals surface area contributed by atoms with Crippen molar-refractivity contribution in [3.63, 3.8) is 0 Å². The van der Waals surface area contributed by atoms with E-state index in [1.807, 2.05) is 0 Å². The van der Waals surface area contributed by atoms with E-state index in [0.717, 1.165) is 0 Å². The molecule has 10 heavy (non-hydrogen) atoms. The molecule has 1 aliphatic carbocycles. The van der Waals surface area contributed by atoms with Gasteiger partial charge in [-0.2, -0.15) is 0 Å². The highest BCUT2D eigenvalue weighted by molar-refractivity contribution is 6.24. The maximum Gasteiger partial charge on any atom is 0.157 e. The van der Waals surface area contributed by atoms with Crippen LogP contribution in [0.25, 0.3) is 0 Å². The van der Waals surface area contributed by atoms with Crippen LogP contribution in [-0.2, 0) is 9.59 Å². The topological polar surface area (TPSA) is 34.1 Å². The van der Waals surface area contributed by atoms with Gasteiger partial charge in [-0.05, 0) is 12.2 Å². The molecule has 2 nitrogen and oxygen atoms in total. The van der Waals surface area contributed by atoms with Gasteiger partial charge in [0.1, 0.15) is 0 Å². The minimum atomic E-state index is -0.310. The second-order valence-corrected chi connectivity index (χ2v) is 2.89. The van der Waals surface area contributed by atoms with Crippen molar-refractivity contribution >= 4 is 23.2 Å². The van der Waals surface area contributed by atoms with E-state index in [9.17, 15) is 9.59 Å². The van der Waals surface area contributed by atoms with E-state index in [0.29, 0.717) is 0 Å². The predicted octanol–water partition coefficient (Wildman–Crippen LogP) is 1.08. The molecule has 0 bridgehead atoms. The highest BCUT2D eigenvalue weighted by atomic mass is 35.5. The summed E-state index contributed by atoms with van der Waals surface area (Å²) in [4.78, 5) is 21.4. The van der Waals surface area contributed by atoms with Crippen LogP contribution in [0.1, 0.15) is 12.8 Å². The zero-order valence-electron chi connectivity index (χ0n) is 5.34. The molecular weight excluding hydrogens is 152 g/mol. The van der Waals surface area contributed by atoms with Gasteiger partial charge in [0, 0.05) is 18.2 Å². The predicted molar refractivity (Wildman–Crippen MR) is 38.0 cm³/mol. The summed E-state index contributed by atoms with van der Waals surface area (Å²) >= 11 is 5.63. The molecule has 0 amide bonds. The molecule has 0 N–H and O–H groups in total. The van der Waals surface area contributed by atoms with Gasteiger partial charge in [0.15, 0.2) is 11.6 Å². The first kappa shape index (κ1) is 7.48. The molecule has 0 atom stereocenters. The van der Waals surface area contributed by atoms with Crippen LogP contribution in [0.3, 0.4) is 0 Å². The van der Waals surface area contributed by atoms with E-state index in [2.05, 4.69) is 0 Å². The van der Waals surface area contributed by atoms with E-state index >= 15 is 0 Å². The number of carbonyl (C=O) groups is 2. The zero-order valence-corrected chi connectivity index (χ0v) is 6.10. The fourth-order valence-corrected chi connectivity index (χ4v) is 1.13. The Hall–Kier alpha value is -0.630. The van der Waals surface area contributed by atoms with Gasteiger partial charge in [0.25, 0.3) is 0 Å². The Bertz CT molecular complexity index is 176. The molecule has 0 aromatic carbocycles. The summed E-state index contributed by atoms with van der Waals surface area (Å²) in [5.41, 5.74) is 0. The van der Waals surface area contributed by atoms with E-state index in [-0.39, 0.29) is 29.8 Å². The normalized spacial score (nSPS) is 21.3. The van der Waals surface area contributed by atoms with Gasteiger partial charge in [-0.25, -0.2) is 0 Å². The van der Waals surface area contributed by atoms with Crippen molar-refractivity contribution in [1.29, 1.82) is 0 Å². The van der Waals surface area contributed by atoms with Crippen LogP contribution < -0.4 is 0 Å². The van der Waals surface area contributed by atoms with Crippen molar-refractivity contribution in [2.24, 2.45) is 0 Å². The Balaban J connectivity index is 2.69. The summed E-state index contributed by atoms with van der Waals surface area (Å²) in [5, 5.41) is -0.310. The maximum atomic E-state index is 10.7. The minimum absolute atomic E-state index is 0.0640. The summed E-state index contributed by atoms with van der Waals surface area (Å²) in [6, 6.07) is 0. The third-order valence-corrected chi connectivity index (χ3v) is 1.61. The molecule has 0 aromatic heterocycles. The monoisotopic (exact) mass is 158 g/mol. The molecular formula is C7H7ClO2. The van der Waals surface area contributed by atoms with Crippen LogP contribution in [0.4, 0.5) is 0 Å². The number of hydrogen-bond acceptors (Lipinski definition) is 2. The lowest BCUT2D eigenvalue weighted by Gasteiger charge is -1.99. The number of ketones is 2. The van der Waals surface area contributed by atoms with E-state index in [4.69, 9.17) is 11.6 Å². The average molecular weight is 159 g/mol. The second kappa shape index (κ2) is 2.97. The summed E-state index contributed by atoms with van der Waals surface area (Å²) in [6.07, 6.45) is 3.16. The number of rotatable bonds is 0. The highest BCUT2D eigenvalue weighted by Crippen LogP contribution is 2.12. The summed E-state index contributed by atoms with van der Waals surface area (Å²) < 4.78 is 0. The van der Waals surface area contributed by atoms with Gasteiger partial charge < -0.3 is 0 Å². The van der Waals surface area contributed by atoms with Crippen LogP contribution in [-0.4, -0.2) is 16.9 Å². The standard InChI is InChI=1S/C7H7ClO2/c8-5-3-6(9)1-2-7(10)4-5/h1-2,5H,3-4H2. The SMILES string of the molecule is O=C1C=CC(=O)CC(Cl)C1. The minimum Gasteiger partial charge on any atom is -0.295 e.